The van der Waals surface area contributed by atoms with Gasteiger partial charge in [-0.3, -0.25) is 0 Å². The van der Waals surface area contributed by atoms with Crippen LogP contribution in [0.5, 0.6) is 5.75 Å². The number of hydrogen-bond acceptors (Lipinski definition) is 6. The fourth-order valence-corrected chi connectivity index (χ4v) is 5.34. The molecule has 1 saturated carbocycles. The highest BCUT2D eigenvalue weighted by molar-refractivity contribution is 7.14. The average Bonchev–Trinajstić information content (AvgIpc) is 3.04. The van der Waals surface area contributed by atoms with Gasteiger partial charge in [-0.25, -0.2) is 4.79 Å². The Morgan fingerprint density at radius 3 is 2.55 bits per heavy atom. The molecule has 29 heavy (non-hydrogen) atoms. The molecule has 1 fully saturated rings. The number of benzene rings is 1. The van der Waals surface area contributed by atoms with Crippen molar-refractivity contribution >= 4 is 17.3 Å². The minimum Gasteiger partial charge on any atom is -0.491 e. The van der Waals surface area contributed by atoms with Crippen LogP contribution in [0.2, 0.25) is 0 Å². The van der Waals surface area contributed by atoms with Gasteiger partial charge in [0.25, 0.3) is 0 Å². The predicted octanol–water partition coefficient (Wildman–Crippen LogP) is 2.93. The molecule has 0 spiro atoms. The van der Waals surface area contributed by atoms with E-state index in [1.165, 1.54) is 21.8 Å². The zero-order valence-electron chi connectivity index (χ0n) is 17.0. The van der Waals surface area contributed by atoms with E-state index in [0.717, 1.165) is 17.5 Å². The largest absolute Gasteiger partial charge is 0.491 e. The molecule has 4 rings (SSSR count). The van der Waals surface area contributed by atoms with Crippen LogP contribution in [0, 0.1) is 18.3 Å². The average molecular weight is 420 g/mol. The van der Waals surface area contributed by atoms with Gasteiger partial charge in [-0.2, -0.15) is 0 Å². The Morgan fingerprint density at radius 1 is 1.34 bits per heavy atom. The molecular weight excluding hydrogens is 390 g/mol. The molecule has 158 valence electrons. The van der Waals surface area contributed by atoms with Crippen LogP contribution in [0.3, 0.4) is 0 Å². The SMILES string of the molecule is Cc1sc(C(=O)O)c2c1[C@H]1[C@@H](C2)C1(C)C.NCc1ccc(OC[C@@H](O)CO)cc1. The molecule has 0 unspecified atom stereocenters. The fourth-order valence-electron chi connectivity index (χ4n) is 4.27. The lowest BCUT2D eigenvalue weighted by Gasteiger charge is -2.09. The van der Waals surface area contributed by atoms with Crippen LogP contribution >= 0.6 is 11.3 Å². The summed E-state index contributed by atoms with van der Waals surface area (Å²) in [5.74, 6) is 1.25. The van der Waals surface area contributed by atoms with Gasteiger partial charge in [0.1, 0.15) is 23.3 Å². The van der Waals surface area contributed by atoms with Crippen LogP contribution < -0.4 is 10.5 Å². The summed E-state index contributed by atoms with van der Waals surface area (Å²) < 4.78 is 5.21. The van der Waals surface area contributed by atoms with Gasteiger partial charge < -0.3 is 25.8 Å². The number of thiophene rings is 1. The molecule has 2 aliphatic carbocycles. The van der Waals surface area contributed by atoms with E-state index >= 15 is 0 Å². The first kappa shape index (κ1) is 21.8. The first-order valence-electron chi connectivity index (χ1n) is 9.76. The number of aliphatic hydroxyl groups excluding tert-OH is 2. The number of carbonyl (C=O) groups is 1. The normalized spacial score (nSPS) is 21.4. The first-order valence-corrected chi connectivity index (χ1v) is 10.6. The molecule has 0 aliphatic heterocycles. The standard InChI is InChI=1S/C12H14O2S.C10H15NO3/c1-5-8-6(10(15-5)11(13)14)4-7-9(8)12(7,2)3;11-5-8-1-3-10(4-2-8)14-7-9(13)6-12/h7,9H,4H2,1-3H3,(H,13,14);1-4,9,12-13H,5-7,11H2/t7-,9-;9-/m10/s1. The topological polar surface area (TPSA) is 113 Å². The number of aryl methyl sites for hydroxylation is 1. The number of carboxylic acid groups (broad SMARTS) is 1. The molecule has 0 saturated heterocycles. The van der Waals surface area contributed by atoms with Gasteiger partial charge in [0.05, 0.1) is 6.61 Å². The lowest BCUT2D eigenvalue weighted by atomic mass is 9.95. The number of aromatic carboxylic acids is 1. The van der Waals surface area contributed by atoms with Gasteiger partial charge in [-0.05, 0) is 59.4 Å². The third-order valence-corrected chi connectivity index (χ3v) is 7.18. The Hall–Kier alpha value is -1.93. The molecule has 3 atom stereocenters. The van der Waals surface area contributed by atoms with Crippen molar-refractivity contribution < 1.29 is 24.9 Å². The second-order valence-electron chi connectivity index (χ2n) is 8.29. The van der Waals surface area contributed by atoms with E-state index in [4.69, 9.17) is 25.8 Å². The second kappa shape index (κ2) is 8.44. The van der Waals surface area contributed by atoms with Crippen molar-refractivity contribution in [3.05, 3.63) is 50.7 Å². The van der Waals surface area contributed by atoms with Crippen LogP contribution in [0.15, 0.2) is 24.3 Å². The maximum Gasteiger partial charge on any atom is 0.346 e. The van der Waals surface area contributed by atoms with Crippen molar-refractivity contribution in [3.8, 4) is 5.75 Å². The van der Waals surface area contributed by atoms with E-state index in [0.29, 0.717) is 34.4 Å². The summed E-state index contributed by atoms with van der Waals surface area (Å²) in [6.45, 7) is 6.96. The van der Waals surface area contributed by atoms with E-state index < -0.39 is 12.1 Å². The number of aliphatic hydroxyl groups is 2. The summed E-state index contributed by atoms with van der Waals surface area (Å²) >= 11 is 1.46. The second-order valence-corrected chi connectivity index (χ2v) is 9.51. The highest BCUT2D eigenvalue weighted by atomic mass is 32.1. The minimum atomic E-state index is -0.829. The highest BCUT2D eigenvalue weighted by Gasteiger charge is 2.63. The lowest BCUT2D eigenvalue weighted by Crippen LogP contribution is -2.21. The maximum atomic E-state index is 11.1. The van der Waals surface area contributed by atoms with E-state index in [1.54, 1.807) is 12.1 Å². The number of rotatable bonds is 6. The van der Waals surface area contributed by atoms with Crippen LogP contribution in [0.4, 0.5) is 0 Å². The molecule has 2 aliphatic rings. The van der Waals surface area contributed by atoms with Crippen molar-refractivity contribution in [3.63, 3.8) is 0 Å². The Balaban J connectivity index is 0.000000166. The Bertz CT molecular complexity index is 874. The van der Waals surface area contributed by atoms with Crippen molar-refractivity contribution in [2.75, 3.05) is 13.2 Å². The van der Waals surface area contributed by atoms with E-state index in [-0.39, 0.29) is 13.2 Å². The van der Waals surface area contributed by atoms with Crippen molar-refractivity contribution in [1.29, 1.82) is 0 Å². The molecule has 1 aromatic heterocycles. The maximum absolute atomic E-state index is 11.1. The molecule has 1 heterocycles. The zero-order valence-corrected chi connectivity index (χ0v) is 17.8. The quantitative estimate of drug-likeness (QED) is 0.573. The van der Waals surface area contributed by atoms with Gasteiger partial charge in [0.2, 0.25) is 0 Å². The molecule has 1 aromatic carbocycles. The summed E-state index contributed by atoms with van der Waals surface area (Å²) in [7, 11) is 0. The smallest absolute Gasteiger partial charge is 0.346 e. The zero-order chi connectivity index (χ0) is 21.3. The molecule has 0 bridgehead atoms. The van der Waals surface area contributed by atoms with E-state index in [2.05, 4.69) is 20.8 Å². The van der Waals surface area contributed by atoms with Crippen LogP contribution in [-0.2, 0) is 13.0 Å². The molecule has 6 nitrogen and oxygen atoms in total. The number of nitrogens with two attached hydrogens (primary N) is 1. The summed E-state index contributed by atoms with van der Waals surface area (Å²) in [4.78, 5) is 12.9. The minimum absolute atomic E-state index is 0.0957. The van der Waals surface area contributed by atoms with Crippen molar-refractivity contribution in [2.24, 2.45) is 17.1 Å². The number of fused-ring (bicyclic) bond motifs is 3. The summed E-state index contributed by atoms with van der Waals surface area (Å²) in [5.41, 5.74) is 9.38. The predicted molar refractivity (Wildman–Crippen MR) is 113 cm³/mol. The molecule has 2 aromatic rings. The number of ether oxygens (including phenoxy) is 1. The molecule has 0 radical (unpaired) electrons. The van der Waals surface area contributed by atoms with Gasteiger partial charge in [0, 0.05) is 11.4 Å². The third-order valence-electron chi connectivity index (χ3n) is 6.03. The van der Waals surface area contributed by atoms with Crippen LogP contribution in [0.1, 0.15) is 51.0 Å². The van der Waals surface area contributed by atoms with Gasteiger partial charge in [-0.1, -0.05) is 26.0 Å². The monoisotopic (exact) mass is 419 g/mol. The van der Waals surface area contributed by atoms with Gasteiger partial charge >= 0.3 is 5.97 Å². The Morgan fingerprint density at radius 2 is 2.00 bits per heavy atom. The van der Waals surface area contributed by atoms with E-state index in [9.17, 15) is 4.79 Å². The van der Waals surface area contributed by atoms with Crippen molar-refractivity contribution in [1.82, 2.24) is 0 Å². The van der Waals surface area contributed by atoms with Gasteiger partial charge in [0.15, 0.2) is 0 Å². The Labute approximate surface area is 174 Å². The Kier molecular flexibility index (Phi) is 6.33. The number of hydrogen-bond donors (Lipinski definition) is 4. The van der Waals surface area contributed by atoms with Gasteiger partial charge in [-0.15, -0.1) is 11.3 Å². The van der Waals surface area contributed by atoms with Crippen molar-refractivity contribution in [2.45, 2.75) is 45.8 Å². The molecule has 7 heteroatoms. The lowest BCUT2D eigenvalue weighted by molar-refractivity contribution is 0.0536. The van der Waals surface area contributed by atoms with Crippen LogP contribution in [0.25, 0.3) is 0 Å². The molecule has 0 amide bonds. The summed E-state index contributed by atoms with van der Waals surface area (Å²) in [6.07, 6.45) is 0.156. The van der Waals surface area contributed by atoms with Crippen LogP contribution in [-0.4, -0.2) is 40.6 Å². The number of carboxylic acids is 1. The first-order chi connectivity index (χ1) is 13.7. The summed E-state index contributed by atoms with van der Waals surface area (Å²) in [6, 6.07) is 7.29. The third kappa shape index (κ3) is 4.33. The summed E-state index contributed by atoms with van der Waals surface area (Å²) in [5, 5.41) is 26.7. The fraction of sp³-hybridized carbons (Fsp3) is 0.500. The molecular formula is C22H29NO5S. The molecule has 5 N–H and O–H groups in total. The van der Waals surface area contributed by atoms with E-state index in [1.807, 2.05) is 12.1 Å². The highest BCUT2D eigenvalue weighted by Crippen LogP contribution is 2.71.